The Balaban J connectivity index is 1.91. The second-order valence-electron chi connectivity index (χ2n) is 4.55. The Hall–Kier alpha value is -0.520. The molecule has 2 heterocycles. The van der Waals surface area contributed by atoms with Crippen LogP contribution in [0, 0.1) is 12.3 Å². The second kappa shape index (κ2) is 4.33. The van der Waals surface area contributed by atoms with Crippen LogP contribution >= 0.6 is 0 Å². The molecule has 0 saturated carbocycles. The summed E-state index contributed by atoms with van der Waals surface area (Å²) < 4.78 is 0. The maximum atomic E-state index is 5.39. The van der Waals surface area contributed by atoms with Crippen molar-refractivity contribution >= 4 is 0 Å². The van der Waals surface area contributed by atoms with Gasteiger partial charge < -0.3 is 0 Å². The largest absolute Gasteiger partial charge is 0.300 e. The van der Waals surface area contributed by atoms with Gasteiger partial charge in [-0.1, -0.05) is 12.3 Å². The van der Waals surface area contributed by atoms with Gasteiger partial charge in [0.15, 0.2) is 0 Å². The lowest BCUT2D eigenvalue weighted by atomic mass is 9.98. The van der Waals surface area contributed by atoms with Gasteiger partial charge in [-0.3, -0.25) is 10.2 Å². The Bertz CT molecular complexity index is 231. The van der Waals surface area contributed by atoms with E-state index in [0.717, 1.165) is 6.04 Å². The van der Waals surface area contributed by atoms with Crippen LogP contribution in [-0.4, -0.2) is 36.1 Å². The van der Waals surface area contributed by atoms with Crippen molar-refractivity contribution in [1.82, 2.24) is 10.2 Å². The predicted octanol–water partition coefficient (Wildman–Crippen LogP) is 1.22. The minimum absolute atomic E-state index is 0.224. The van der Waals surface area contributed by atoms with Gasteiger partial charge in [-0.2, -0.15) is 0 Å². The van der Waals surface area contributed by atoms with Crippen LogP contribution < -0.4 is 5.32 Å². The molecule has 0 spiro atoms. The molecule has 0 aliphatic carbocycles. The standard InChI is InChI=1S/C12H20N2/c1-3-10(2)13-11-7-9-14-8-5-4-6-12(11)14/h1,10-13H,4-9H2,2H3. The Morgan fingerprint density at radius 2 is 2.21 bits per heavy atom. The Kier molecular flexibility index (Phi) is 3.10. The van der Waals surface area contributed by atoms with Crippen molar-refractivity contribution in [3.63, 3.8) is 0 Å². The first kappa shape index (κ1) is 10.0. The van der Waals surface area contributed by atoms with Crippen LogP contribution in [0.2, 0.25) is 0 Å². The molecule has 0 aromatic rings. The van der Waals surface area contributed by atoms with Crippen molar-refractivity contribution in [2.75, 3.05) is 13.1 Å². The van der Waals surface area contributed by atoms with Crippen LogP contribution in [0.25, 0.3) is 0 Å². The second-order valence-corrected chi connectivity index (χ2v) is 4.55. The first-order valence-corrected chi connectivity index (χ1v) is 5.77. The van der Waals surface area contributed by atoms with Crippen LogP contribution in [0.1, 0.15) is 32.6 Å². The summed E-state index contributed by atoms with van der Waals surface area (Å²) in [5.74, 6) is 2.76. The Labute approximate surface area is 87.1 Å². The fourth-order valence-electron chi connectivity index (χ4n) is 2.81. The molecule has 3 atom stereocenters. The summed E-state index contributed by atoms with van der Waals surface area (Å²) in [7, 11) is 0. The molecule has 0 aromatic carbocycles. The highest BCUT2D eigenvalue weighted by Gasteiger charge is 2.35. The minimum Gasteiger partial charge on any atom is -0.300 e. The fraction of sp³-hybridized carbons (Fsp3) is 0.833. The van der Waals surface area contributed by atoms with E-state index >= 15 is 0 Å². The van der Waals surface area contributed by atoms with Crippen LogP contribution in [0.15, 0.2) is 0 Å². The summed E-state index contributed by atoms with van der Waals surface area (Å²) in [4.78, 5) is 2.63. The zero-order valence-electron chi connectivity index (χ0n) is 9.00. The molecule has 0 radical (unpaired) electrons. The zero-order valence-corrected chi connectivity index (χ0v) is 9.00. The van der Waals surface area contributed by atoms with Crippen LogP contribution in [0.4, 0.5) is 0 Å². The van der Waals surface area contributed by atoms with E-state index in [2.05, 4.69) is 23.1 Å². The maximum Gasteiger partial charge on any atom is 0.0661 e. The van der Waals surface area contributed by atoms with Crippen LogP contribution in [0.5, 0.6) is 0 Å². The van der Waals surface area contributed by atoms with Gasteiger partial charge in [0.05, 0.1) is 6.04 Å². The van der Waals surface area contributed by atoms with Crippen molar-refractivity contribution in [2.45, 2.75) is 50.7 Å². The summed E-state index contributed by atoms with van der Waals surface area (Å²) in [5, 5.41) is 3.55. The van der Waals surface area contributed by atoms with Crippen molar-refractivity contribution in [3.8, 4) is 12.3 Å². The molecule has 2 fully saturated rings. The smallest absolute Gasteiger partial charge is 0.0661 e. The highest BCUT2D eigenvalue weighted by molar-refractivity contribution is 5.01. The lowest BCUT2D eigenvalue weighted by molar-refractivity contribution is 0.179. The maximum absolute atomic E-state index is 5.39. The van der Waals surface area contributed by atoms with Gasteiger partial charge in [0, 0.05) is 18.6 Å². The van der Waals surface area contributed by atoms with Gasteiger partial charge in [-0.15, -0.1) is 6.42 Å². The van der Waals surface area contributed by atoms with E-state index < -0.39 is 0 Å². The average Bonchev–Trinajstić information content (AvgIpc) is 2.62. The summed E-state index contributed by atoms with van der Waals surface area (Å²) in [5.41, 5.74) is 0. The molecular formula is C12H20N2. The van der Waals surface area contributed by atoms with E-state index in [1.807, 2.05) is 0 Å². The highest BCUT2D eigenvalue weighted by atomic mass is 15.2. The van der Waals surface area contributed by atoms with Crippen LogP contribution in [0.3, 0.4) is 0 Å². The molecule has 2 aliphatic heterocycles. The average molecular weight is 192 g/mol. The third-order valence-corrected chi connectivity index (χ3v) is 3.57. The van der Waals surface area contributed by atoms with Crippen molar-refractivity contribution in [1.29, 1.82) is 0 Å². The molecule has 2 heteroatoms. The molecule has 2 nitrogen and oxygen atoms in total. The molecule has 14 heavy (non-hydrogen) atoms. The number of hydrogen-bond donors (Lipinski definition) is 1. The predicted molar refractivity (Wildman–Crippen MR) is 59.0 cm³/mol. The number of nitrogens with one attached hydrogen (secondary N) is 1. The van der Waals surface area contributed by atoms with Gasteiger partial charge in [0.1, 0.15) is 0 Å². The molecule has 0 aromatic heterocycles. The van der Waals surface area contributed by atoms with Crippen molar-refractivity contribution in [3.05, 3.63) is 0 Å². The lowest BCUT2D eigenvalue weighted by Crippen LogP contribution is -2.47. The summed E-state index contributed by atoms with van der Waals surface area (Å²) in [6, 6.07) is 1.63. The SMILES string of the molecule is C#CC(C)NC1CCN2CCCCC12. The number of hydrogen-bond acceptors (Lipinski definition) is 2. The molecule has 78 valence electrons. The topological polar surface area (TPSA) is 15.3 Å². The summed E-state index contributed by atoms with van der Waals surface area (Å²) in [6.45, 7) is 4.64. The monoisotopic (exact) mass is 192 g/mol. The minimum atomic E-state index is 0.224. The van der Waals surface area contributed by atoms with E-state index in [0.29, 0.717) is 6.04 Å². The molecule has 1 N–H and O–H groups in total. The molecular weight excluding hydrogens is 172 g/mol. The molecule has 3 unspecified atom stereocenters. The fourth-order valence-corrected chi connectivity index (χ4v) is 2.81. The third-order valence-electron chi connectivity index (χ3n) is 3.57. The number of terminal acetylenes is 1. The summed E-state index contributed by atoms with van der Waals surface area (Å²) in [6.07, 6.45) is 10.8. The molecule has 2 rings (SSSR count). The summed E-state index contributed by atoms with van der Waals surface area (Å²) >= 11 is 0. The Morgan fingerprint density at radius 1 is 1.36 bits per heavy atom. The van der Waals surface area contributed by atoms with E-state index in [4.69, 9.17) is 6.42 Å². The van der Waals surface area contributed by atoms with Crippen molar-refractivity contribution in [2.24, 2.45) is 0 Å². The first-order valence-electron chi connectivity index (χ1n) is 5.77. The van der Waals surface area contributed by atoms with E-state index in [1.165, 1.54) is 38.8 Å². The Morgan fingerprint density at radius 3 is 3.00 bits per heavy atom. The first-order chi connectivity index (χ1) is 6.81. The molecule has 2 saturated heterocycles. The molecule has 2 aliphatic rings. The van der Waals surface area contributed by atoms with E-state index in [-0.39, 0.29) is 6.04 Å². The number of rotatable bonds is 2. The number of nitrogens with zero attached hydrogens (tertiary/aromatic N) is 1. The van der Waals surface area contributed by atoms with E-state index in [1.54, 1.807) is 0 Å². The highest BCUT2D eigenvalue weighted by Crippen LogP contribution is 2.27. The van der Waals surface area contributed by atoms with Gasteiger partial charge in [-0.05, 0) is 32.7 Å². The van der Waals surface area contributed by atoms with Gasteiger partial charge in [-0.25, -0.2) is 0 Å². The van der Waals surface area contributed by atoms with Gasteiger partial charge >= 0.3 is 0 Å². The number of fused-ring (bicyclic) bond motifs is 1. The molecule has 0 bridgehead atoms. The lowest BCUT2D eigenvalue weighted by Gasteiger charge is -2.33. The zero-order chi connectivity index (χ0) is 9.97. The van der Waals surface area contributed by atoms with Crippen LogP contribution in [-0.2, 0) is 0 Å². The quantitative estimate of drug-likeness (QED) is 0.662. The normalized spacial score (nSPS) is 34.9. The molecule has 0 amide bonds. The van der Waals surface area contributed by atoms with Crippen molar-refractivity contribution < 1.29 is 0 Å². The number of piperidine rings is 1. The van der Waals surface area contributed by atoms with E-state index in [9.17, 15) is 0 Å². The van der Waals surface area contributed by atoms with Gasteiger partial charge in [0.25, 0.3) is 0 Å². The van der Waals surface area contributed by atoms with Gasteiger partial charge in [0.2, 0.25) is 0 Å². The third kappa shape index (κ3) is 1.94.